The maximum Gasteiger partial charge on any atom is 0.310 e. The van der Waals surface area contributed by atoms with Crippen LogP contribution in [0.2, 0.25) is 0 Å². The van der Waals surface area contributed by atoms with Crippen LogP contribution in [0.4, 0.5) is 0 Å². The van der Waals surface area contributed by atoms with Crippen molar-refractivity contribution in [1.29, 1.82) is 0 Å². The number of phenolic OH excluding ortho intramolecular Hbond substituents is 2. The summed E-state index contributed by atoms with van der Waals surface area (Å²) >= 11 is 0. The molecule has 4 fully saturated rings. The lowest BCUT2D eigenvalue weighted by Crippen LogP contribution is -2.51. The fourth-order valence-corrected chi connectivity index (χ4v) is 14.2. The van der Waals surface area contributed by atoms with Crippen molar-refractivity contribution >= 4 is 23.8 Å². The minimum atomic E-state index is -0.625. The van der Waals surface area contributed by atoms with Crippen LogP contribution in [0.5, 0.6) is 57.5 Å². The monoisotopic (exact) mass is 1160 g/mol. The molecule has 0 bridgehead atoms. The highest BCUT2D eigenvalue weighted by Gasteiger charge is 2.55. The summed E-state index contributed by atoms with van der Waals surface area (Å²) in [6.07, 6.45) is 7.04. The Hall–Kier alpha value is -7.40. The number of rotatable bonds is 21. The summed E-state index contributed by atoms with van der Waals surface area (Å²) in [4.78, 5) is 64.5. The normalized spacial score (nSPS) is 25.2. The molecule has 4 aromatic carbocycles. The van der Waals surface area contributed by atoms with E-state index in [0.717, 1.165) is 101 Å². The van der Waals surface area contributed by atoms with E-state index in [1.165, 1.54) is 54.1 Å². The van der Waals surface area contributed by atoms with Crippen LogP contribution in [0.15, 0.2) is 48.5 Å². The minimum Gasteiger partial charge on any atom is -0.502 e. The van der Waals surface area contributed by atoms with E-state index < -0.39 is 35.8 Å². The van der Waals surface area contributed by atoms with Gasteiger partial charge in [0, 0.05) is 76.0 Å². The van der Waals surface area contributed by atoms with Crippen LogP contribution in [0.25, 0.3) is 0 Å². The molecule has 8 aliphatic rings. The van der Waals surface area contributed by atoms with Gasteiger partial charge in [-0.1, -0.05) is 25.7 Å². The van der Waals surface area contributed by atoms with Crippen LogP contribution >= 0.6 is 0 Å². The van der Waals surface area contributed by atoms with Crippen molar-refractivity contribution in [2.45, 2.75) is 62.4 Å². The molecule has 4 N–H and O–H groups in total. The molecular formula is C62H76N6O16. The van der Waals surface area contributed by atoms with Crippen LogP contribution in [0.1, 0.15) is 95.8 Å². The number of cyclic esters (lactones) is 2. The number of aromatic hydroxyl groups is 2. The van der Waals surface area contributed by atoms with Crippen LogP contribution < -0.4 is 48.5 Å². The molecule has 4 saturated heterocycles. The highest BCUT2D eigenvalue weighted by molar-refractivity contribution is 5.83. The maximum atomic E-state index is 13.9. The number of methoxy groups -OCH3 is 4. The number of esters is 2. The third kappa shape index (κ3) is 11.2. The molecule has 6 aliphatic heterocycles. The van der Waals surface area contributed by atoms with Crippen molar-refractivity contribution < 1.29 is 76.8 Å². The van der Waals surface area contributed by atoms with Gasteiger partial charge >= 0.3 is 11.9 Å². The van der Waals surface area contributed by atoms with E-state index >= 15 is 0 Å². The Morgan fingerprint density at radius 1 is 0.464 bits per heavy atom. The van der Waals surface area contributed by atoms with Crippen LogP contribution in [-0.2, 0) is 28.7 Å². The van der Waals surface area contributed by atoms with Crippen LogP contribution in [0, 0.1) is 23.7 Å². The molecule has 22 heteroatoms. The summed E-state index contributed by atoms with van der Waals surface area (Å²) in [5.74, 6) is -1.06. The summed E-state index contributed by atoms with van der Waals surface area (Å²) in [6.45, 7) is 9.73. The summed E-state index contributed by atoms with van der Waals surface area (Å²) < 4.78 is 56.7. The molecule has 4 aromatic rings. The number of hydrogen-bond acceptors (Lipinski definition) is 20. The minimum absolute atomic E-state index is 0.0683. The third-order valence-corrected chi connectivity index (χ3v) is 18.6. The molecule has 0 saturated carbocycles. The lowest BCUT2D eigenvalue weighted by Gasteiger charge is -2.40. The number of piperazine rings is 2. The number of phenols is 2. The van der Waals surface area contributed by atoms with E-state index in [1.54, 1.807) is 24.3 Å². The van der Waals surface area contributed by atoms with Gasteiger partial charge in [-0.25, -0.2) is 0 Å². The molecular weight excluding hydrogens is 1080 g/mol. The number of benzene rings is 4. The molecule has 450 valence electrons. The predicted octanol–water partition coefficient (Wildman–Crippen LogP) is 5.05. The van der Waals surface area contributed by atoms with Gasteiger partial charge in [-0.05, 0) is 108 Å². The second-order valence-corrected chi connectivity index (χ2v) is 23.3. The molecule has 12 rings (SSSR count). The van der Waals surface area contributed by atoms with E-state index in [0.29, 0.717) is 34.1 Å². The lowest BCUT2D eigenvalue weighted by molar-refractivity contribution is -0.142. The average molecular weight is 1160 g/mol. The first-order valence-electron chi connectivity index (χ1n) is 29.5. The Bertz CT molecular complexity index is 2870. The number of unbranched alkanes of at least 4 members (excludes halogenated alkanes) is 5. The van der Waals surface area contributed by atoms with Gasteiger partial charge in [-0.15, -0.1) is 0 Å². The van der Waals surface area contributed by atoms with E-state index in [-0.39, 0.29) is 110 Å². The highest BCUT2D eigenvalue weighted by atomic mass is 16.7. The molecule has 0 unspecified atom stereocenters. The van der Waals surface area contributed by atoms with E-state index in [9.17, 15) is 29.4 Å². The van der Waals surface area contributed by atoms with Crippen LogP contribution in [0.3, 0.4) is 0 Å². The summed E-state index contributed by atoms with van der Waals surface area (Å²) in [7, 11) is 5.85. The van der Waals surface area contributed by atoms with Crippen molar-refractivity contribution in [3.05, 3.63) is 81.9 Å². The van der Waals surface area contributed by atoms with Crippen LogP contribution in [-0.4, -0.2) is 187 Å². The quantitative estimate of drug-likeness (QED) is 0.0631. The van der Waals surface area contributed by atoms with Gasteiger partial charge in [0.1, 0.15) is 0 Å². The van der Waals surface area contributed by atoms with E-state index in [4.69, 9.17) is 47.4 Å². The van der Waals surface area contributed by atoms with Gasteiger partial charge in [0.25, 0.3) is 0 Å². The lowest BCUT2D eigenvalue weighted by atomic mass is 9.65. The Kier molecular flexibility index (Phi) is 16.8. The Morgan fingerprint density at radius 2 is 0.786 bits per heavy atom. The third-order valence-electron chi connectivity index (χ3n) is 18.6. The largest absolute Gasteiger partial charge is 0.502 e. The van der Waals surface area contributed by atoms with E-state index in [2.05, 4.69) is 30.2 Å². The Balaban J connectivity index is 0.559. The van der Waals surface area contributed by atoms with Gasteiger partial charge in [0.2, 0.25) is 36.9 Å². The summed E-state index contributed by atoms with van der Waals surface area (Å²) in [5.41, 5.74) is 4.66. The standard InChI is InChI=1S/C62H76N6O16/c1-75-47-21-35(22-48(76-2)59(47)71)53-37-25-43-45(83-33-81-43)27-39(37)57(41-31-79-61(73)55(41)53)63-51(69)29-67-17-13-65(14-18-67)11-9-7-5-6-8-10-12-66-15-19-68(20-16-66)30-52(70)64-58-40-28-46-44(82-34-84-46)26-38(40)54(56-42(58)32-80-62(56)74)36-23-49(77-3)60(72)50(24-36)78-4/h21-28,41-42,53-58,71-72H,5-20,29-34H2,1-4H3,(H,63,69)(H,64,70)/t41-,42-,53+,54+,55-,56-,57+,58+/m0/s1. The first-order chi connectivity index (χ1) is 40.9. The molecule has 8 atom stereocenters. The number of nitrogens with zero attached hydrogens (tertiary/aromatic N) is 4. The first-order valence-corrected chi connectivity index (χ1v) is 29.5. The molecule has 2 aliphatic carbocycles. The molecule has 0 spiro atoms. The van der Waals surface area contributed by atoms with E-state index in [1.807, 2.05) is 24.3 Å². The first kappa shape index (κ1) is 57.1. The number of amides is 2. The fraction of sp³-hybridized carbons (Fsp3) is 0.548. The second-order valence-electron chi connectivity index (χ2n) is 23.3. The smallest absolute Gasteiger partial charge is 0.310 e. The van der Waals surface area contributed by atoms with Crippen molar-refractivity contribution in [2.75, 3.05) is 134 Å². The maximum absolute atomic E-state index is 13.9. The summed E-state index contributed by atoms with van der Waals surface area (Å²) in [5, 5.41) is 28.1. The number of carbonyl (C=O) groups excluding carboxylic acids is 4. The molecule has 2 amide bonds. The summed E-state index contributed by atoms with van der Waals surface area (Å²) in [6, 6.07) is 13.5. The number of nitrogens with one attached hydrogen (secondary N) is 2. The van der Waals surface area contributed by atoms with Gasteiger partial charge < -0.3 is 78.0 Å². The molecule has 0 aromatic heterocycles. The van der Waals surface area contributed by atoms with Crippen molar-refractivity contribution in [1.82, 2.24) is 30.2 Å². The zero-order chi connectivity index (χ0) is 58.2. The Morgan fingerprint density at radius 3 is 1.13 bits per heavy atom. The number of carbonyl (C=O) groups is 4. The SMILES string of the molecule is COc1cc([C@@H]2c3cc4c(cc3[C@@H](NC(=O)CN3CCN(CCCCCCCCN5CCN(CC(=O)N[C@@H]6c7cc8c(cc7[C@@H](c7cc(OC)c(O)c(OC)c7)[C@H]7C(=O)OC[C@@H]76)OCO8)CC5)CC3)[C@H]3COC(=O)[C@H]23)OCO4)cc(OC)c1O. The number of hydrogen-bond donors (Lipinski definition) is 4. The van der Waals surface area contributed by atoms with Gasteiger partial charge in [0.15, 0.2) is 46.0 Å². The molecule has 22 nitrogen and oxygen atoms in total. The van der Waals surface area contributed by atoms with Gasteiger partial charge in [0.05, 0.1) is 78.7 Å². The molecule has 0 radical (unpaired) electrons. The van der Waals surface area contributed by atoms with Gasteiger partial charge in [-0.2, -0.15) is 0 Å². The number of fused-ring (bicyclic) bond motifs is 6. The zero-order valence-corrected chi connectivity index (χ0v) is 48.2. The molecule has 6 heterocycles. The second kappa shape index (κ2) is 24.7. The van der Waals surface area contributed by atoms with Crippen molar-refractivity contribution in [3.63, 3.8) is 0 Å². The number of ether oxygens (including phenoxy) is 10. The zero-order valence-electron chi connectivity index (χ0n) is 48.2. The van der Waals surface area contributed by atoms with Crippen molar-refractivity contribution in [3.8, 4) is 57.5 Å². The Labute approximate surface area is 488 Å². The van der Waals surface area contributed by atoms with Crippen molar-refractivity contribution in [2.24, 2.45) is 23.7 Å². The topological polar surface area (TPSA) is 238 Å². The molecule has 84 heavy (non-hydrogen) atoms. The fourth-order valence-electron chi connectivity index (χ4n) is 14.2. The van der Waals surface area contributed by atoms with Gasteiger partial charge in [-0.3, -0.25) is 29.0 Å². The predicted molar refractivity (Wildman–Crippen MR) is 302 cm³/mol. The average Bonchev–Trinajstić information content (AvgIpc) is 2.60. The highest BCUT2D eigenvalue weighted by Crippen LogP contribution is 2.58.